The first-order valence-corrected chi connectivity index (χ1v) is 7.13. The molecule has 0 amide bonds. The number of nitrogens with one attached hydrogen (secondary N) is 1. The molecule has 0 radical (unpaired) electrons. The number of hydrogen-bond acceptors (Lipinski definition) is 5. The van der Waals surface area contributed by atoms with Crippen molar-refractivity contribution in [3.63, 3.8) is 0 Å². The van der Waals surface area contributed by atoms with Crippen LogP contribution in [0.5, 0.6) is 0 Å². The first-order valence-electron chi connectivity index (χ1n) is 4.43. The first kappa shape index (κ1) is 13.5. The van der Waals surface area contributed by atoms with E-state index < -0.39 is 14.9 Å². The predicted molar refractivity (Wildman–Crippen MR) is 65.4 cm³/mol. The van der Waals surface area contributed by atoms with Crippen LogP contribution in [0.25, 0.3) is 0 Å². The van der Waals surface area contributed by atoms with E-state index in [1.165, 1.54) is 12.1 Å². The van der Waals surface area contributed by atoms with Gasteiger partial charge in [-0.15, -0.1) is 11.8 Å². The summed E-state index contributed by atoms with van der Waals surface area (Å²) in [5, 5.41) is 10.2. The monoisotopic (exact) mass is 274 g/mol. The molecule has 8 heteroatoms. The summed E-state index contributed by atoms with van der Waals surface area (Å²) >= 11 is 0.949. The minimum Gasteiger partial charge on any atom is -0.268 e. The van der Waals surface area contributed by atoms with Gasteiger partial charge >= 0.3 is 0 Å². The van der Waals surface area contributed by atoms with Gasteiger partial charge in [-0.25, -0.2) is 8.42 Å². The Labute approximate surface area is 103 Å². The van der Waals surface area contributed by atoms with E-state index in [1.807, 2.05) is 0 Å². The van der Waals surface area contributed by atoms with Gasteiger partial charge in [0, 0.05) is 0 Å². The lowest BCUT2D eigenvalue weighted by atomic mass is 10.4. The molecule has 0 aliphatic carbocycles. The Morgan fingerprint density at radius 3 is 2.47 bits per heavy atom. The lowest BCUT2D eigenvalue weighted by Crippen LogP contribution is -2.22. The van der Waals surface area contributed by atoms with Crippen molar-refractivity contribution in [3.8, 4) is 0 Å². The number of thioether (sulfide) groups is 1. The second-order valence-corrected chi connectivity index (χ2v) is 5.43. The molecule has 1 N–H and O–H groups in total. The highest BCUT2D eigenvalue weighted by molar-refractivity contribution is 8.03. The van der Waals surface area contributed by atoms with Crippen molar-refractivity contribution >= 4 is 21.8 Å². The van der Waals surface area contributed by atoms with Crippen LogP contribution >= 0.6 is 11.8 Å². The van der Waals surface area contributed by atoms with Crippen LogP contribution < -0.4 is 4.72 Å². The van der Waals surface area contributed by atoms with E-state index in [2.05, 4.69) is 4.72 Å². The van der Waals surface area contributed by atoms with Crippen LogP contribution in [0.1, 0.15) is 0 Å². The van der Waals surface area contributed by atoms with E-state index in [0.717, 1.165) is 11.8 Å². The molecule has 17 heavy (non-hydrogen) atoms. The van der Waals surface area contributed by atoms with E-state index in [0.29, 0.717) is 6.20 Å². The molecular formula is C9H10N2O4S2. The van der Waals surface area contributed by atoms with Crippen LogP contribution in [0.4, 0.5) is 0 Å². The molecule has 0 atom stereocenters. The van der Waals surface area contributed by atoms with Crippen molar-refractivity contribution in [2.75, 3.05) is 6.26 Å². The van der Waals surface area contributed by atoms with Crippen molar-refractivity contribution in [1.82, 2.24) is 4.72 Å². The third-order valence-corrected chi connectivity index (χ3v) is 3.89. The number of nitro groups is 1. The third-order valence-electron chi connectivity index (χ3n) is 1.73. The number of nitrogens with zero attached hydrogens (tertiary/aromatic N) is 1. The molecule has 0 saturated carbocycles. The highest BCUT2D eigenvalue weighted by Gasteiger charge is 2.16. The molecule has 1 rings (SSSR count). The molecular weight excluding hydrogens is 264 g/mol. The Morgan fingerprint density at radius 1 is 1.41 bits per heavy atom. The lowest BCUT2D eigenvalue weighted by Gasteiger charge is -2.07. The molecule has 1 aromatic carbocycles. The summed E-state index contributed by atoms with van der Waals surface area (Å²) in [5.74, 6) is 0. The van der Waals surface area contributed by atoms with Crippen molar-refractivity contribution < 1.29 is 13.3 Å². The van der Waals surface area contributed by atoms with E-state index in [1.54, 1.807) is 24.5 Å². The maximum atomic E-state index is 11.8. The van der Waals surface area contributed by atoms with Crippen LogP contribution in [-0.4, -0.2) is 19.6 Å². The number of benzene rings is 1. The van der Waals surface area contributed by atoms with E-state index in [9.17, 15) is 18.5 Å². The molecule has 6 nitrogen and oxygen atoms in total. The van der Waals surface area contributed by atoms with Crippen molar-refractivity contribution in [2.24, 2.45) is 0 Å². The predicted octanol–water partition coefficient (Wildman–Crippen LogP) is 1.40. The second kappa shape index (κ2) is 5.69. The molecule has 0 spiro atoms. The summed E-state index contributed by atoms with van der Waals surface area (Å²) in [7, 11) is -3.76. The molecule has 0 aliphatic heterocycles. The van der Waals surface area contributed by atoms with Gasteiger partial charge in [0.2, 0.25) is 0 Å². The Bertz CT molecular complexity index is 525. The van der Waals surface area contributed by atoms with Gasteiger partial charge in [-0.05, 0) is 18.4 Å². The maximum Gasteiger partial charge on any atom is 0.264 e. The van der Waals surface area contributed by atoms with Gasteiger partial charge in [0.1, 0.15) is 0 Å². The van der Waals surface area contributed by atoms with Crippen LogP contribution in [0.3, 0.4) is 0 Å². The summed E-state index contributed by atoms with van der Waals surface area (Å²) in [5.41, 5.74) is 0. The molecule has 0 heterocycles. The first-order chi connectivity index (χ1) is 7.95. The normalized spacial score (nSPS) is 12.2. The number of rotatable bonds is 5. The van der Waals surface area contributed by atoms with Gasteiger partial charge in [0.25, 0.3) is 16.2 Å². The summed E-state index contributed by atoms with van der Waals surface area (Å²) in [6, 6.07) is 7.65. The number of hydrogen-bond donors (Lipinski definition) is 1. The highest BCUT2D eigenvalue weighted by atomic mass is 32.2. The summed E-state index contributed by atoms with van der Waals surface area (Å²) in [6.07, 6.45) is 2.16. The van der Waals surface area contributed by atoms with Gasteiger partial charge in [-0.2, -0.15) is 0 Å². The van der Waals surface area contributed by atoms with E-state index in [-0.39, 0.29) is 9.92 Å². The average molecular weight is 274 g/mol. The third kappa shape index (κ3) is 4.08. The Hall–Kier alpha value is -1.54. The molecule has 0 bridgehead atoms. The summed E-state index contributed by atoms with van der Waals surface area (Å²) in [6.45, 7) is 0. The van der Waals surface area contributed by atoms with Gasteiger partial charge in [-0.1, -0.05) is 18.2 Å². The molecule has 0 aromatic heterocycles. The van der Waals surface area contributed by atoms with Crippen LogP contribution in [0.15, 0.2) is 46.5 Å². The zero-order valence-electron chi connectivity index (χ0n) is 8.86. The van der Waals surface area contributed by atoms with Gasteiger partial charge in [-0.3, -0.25) is 14.8 Å². The van der Waals surface area contributed by atoms with Gasteiger partial charge in [0.15, 0.2) is 5.03 Å². The largest absolute Gasteiger partial charge is 0.268 e. The molecule has 0 aliphatic rings. The Kier molecular flexibility index (Phi) is 4.53. The smallest absolute Gasteiger partial charge is 0.264 e. The summed E-state index contributed by atoms with van der Waals surface area (Å²) < 4.78 is 25.7. The fourth-order valence-corrected chi connectivity index (χ4v) is 2.81. The van der Waals surface area contributed by atoms with Crippen molar-refractivity contribution in [2.45, 2.75) is 4.90 Å². The SMILES string of the molecule is CS/C(=C\[N+](=O)[O-])NS(=O)(=O)c1ccccc1. The van der Waals surface area contributed by atoms with Crippen molar-refractivity contribution in [3.05, 3.63) is 51.7 Å². The maximum absolute atomic E-state index is 11.8. The number of sulfonamides is 1. The molecule has 0 unspecified atom stereocenters. The van der Waals surface area contributed by atoms with E-state index in [4.69, 9.17) is 0 Å². The van der Waals surface area contributed by atoms with Crippen LogP contribution in [0.2, 0.25) is 0 Å². The zero-order chi connectivity index (χ0) is 12.9. The highest BCUT2D eigenvalue weighted by Crippen LogP contribution is 2.14. The fraction of sp³-hybridized carbons (Fsp3) is 0.111. The van der Waals surface area contributed by atoms with Crippen LogP contribution in [0, 0.1) is 10.1 Å². The summed E-state index contributed by atoms with van der Waals surface area (Å²) in [4.78, 5) is 9.62. The van der Waals surface area contributed by atoms with Crippen LogP contribution in [-0.2, 0) is 10.0 Å². The van der Waals surface area contributed by atoms with Crippen molar-refractivity contribution in [1.29, 1.82) is 0 Å². The molecule has 0 saturated heterocycles. The minimum atomic E-state index is -3.76. The van der Waals surface area contributed by atoms with Gasteiger partial charge < -0.3 is 0 Å². The Balaban J connectivity index is 2.98. The molecule has 1 aromatic rings. The lowest BCUT2D eigenvalue weighted by molar-refractivity contribution is -0.403. The quantitative estimate of drug-likeness (QED) is 0.647. The topological polar surface area (TPSA) is 89.3 Å². The average Bonchev–Trinajstić information content (AvgIpc) is 2.28. The second-order valence-electron chi connectivity index (χ2n) is 2.90. The molecule has 0 fully saturated rings. The molecule has 92 valence electrons. The zero-order valence-corrected chi connectivity index (χ0v) is 10.5. The van der Waals surface area contributed by atoms with E-state index >= 15 is 0 Å². The standard InChI is InChI=1S/C9H10N2O4S2/c1-16-9(7-11(12)13)10-17(14,15)8-5-3-2-4-6-8/h2-7,10H,1H3/b9-7-. The van der Waals surface area contributed by atoms with Gasteiger partial charge in [0.05, 0.1) is 9.82 Å². The fourth-order valence-electron chi connectivity index (χ4n) is 1.01. The Morgan fingerprint density at radius 2 is 2.00 bits per heavy atom. The minimum absolute atomic E-state index is 0.0427.